The summed E-state index contributed by atoms with van der Waals surface area (Å²) in [6.45, 7) is 8.38. The van der Waals surface area contributed by atoms with Gasteiger partial charge < -0.3 is 10.2 Å². The van der Waals surface area contributed by atoms with Gasteiger partial charge in [0.2, 0.25) is 5.91 Å². The molecular weight excluding hydrogens is 484 g/mol. The molecule has 3 amide bonds. The van der Waals surface area contributed by atoms with E-state index in [1.807, 2.05) is 6.92 Å². The van der Waals surface area contributed by atoms with Gasteiger partial charge in [-0.2, -0.15) is 0 Å². The molecule has 188 valence electrons. The van der Waals surface area contributed by atoms with Crippen molar-refractivity contribution in [2.75, 3.05) is 23.3 Å². The second-order valence-corrected chi connectivity index (χ2v) is 10.3. The molecule has 0 bridgehead atoms. The molecule has 0 atom stereocenters. The second-order valence-electron chi connectivity index (χ2n) is 9.32. The molecule has 0 saturated carbocycles. The number of rotatable bonds is 6. The van der Waals surface area contributed by atoms with E-state index in [-0.39, 0.29) is 21.7 Å². The number of nitrogens with one attached hydrogen (secondary N) is 1. The molecule has 4 rings (SSSR count). The lowest BCUT2D eigenvalue weighted by Crippen LogP contribution is -2.45. The normalized spacial score (nSPS) is 17.9. The van der Waals surface area contributed by atoms with E-state index < -0.39 is 35.2 Å². The summed E-state index contributed by atoms with van der Waals surface area (Å²) in [7, 11) is 0. The molecule has 9 heteroatoms. The van der Waals surface area contributed by atoms with E-state index in [0.29, 0.717) is 11.8 Å². The summed E-state index contributed by atoms with van der Waals surface area (Å²) in [4.78, 5) is 40.6. The van der Waals surface area contributed by atoms with Gasteiger partial charge in [-0.3, -0.25) is 19.3 Å². The molecule has 2 aliphatic heterocycles. The standard InChI is InChI=1S/C27H27F2N3O3S/c1-5-10-32-22-13-20(29)17(11-18(22)16(2)14-27(32,3)4)12-23-25(34)31(26(35)36-23)15-24(33)30-21-9-7-6-8-19(21)28/h6-9,11-14H,5,10,15H2,1-4H3,(H,30,33)/b23-12+. The zero-order valence-electron chi connectivity index (χ0n) is 20.5. The summed E-state index contributed by atoms with van der Waals surface area (Å²) in [5.41, 5.74) is 2.50. The minimum atomic E-state index is -0.719. The van der Waals surface area contributed by atoms with Crippen LogP contribution in [0.5, 0.6) is 0 Å². The van der Waals surface area contributed by atoms with Gasteiger partial charge >= 0.3 is 0 Å². The lowest BCUT2D eigenvalue weighted by Gasteiger charge is -2.43. The molecule has 1 N–H and O–H groups in total. The van der Waals surface area contributed by atoms with Crippen molar-refractivity contribution in [3.05, 3.63) is 70.1 Å². The van der Waals surface area contributed by atoms with E-state index in [1.54, 1.807) is 12.1 Å². The van der Waals surface area contributed by atoms with Crippen molar-refractivity contribution < 1.29 is 23.2 Å². The highest BCUT2D eigenvalue weighted by atomic mass is 32.2. The highest BCUT2D eigenvalue weighted by Gasteiger charge is 2.37. The van der Waals surface area contributed by atoms with Crippen LogP contribution in [-0.2, 0) is 9.59 Å². The van der Waals surface area contributed by atoms with Crippen LogP contribution in [0.2, 0.25) is 0 Å². The van der Waals surface area contributed by atoms with Gasteiger partial charge in [0.05, 0.1) is 16.1 Å². The molecule has 2 aliphatic rings. The maximum Gasteiger partial charge on any atom is 0.294 e. The van der Waals surface area contributed by atoms with Crippen LogP contribution in [0.25, 0.3) is 11.6 Å². The zero-order chi connectivity index (χ0) is 26.2. The first-order valence-electron chi connectivity index (χ1n) is 11.6. The van der Waals surface area contributed by atoms with Crippen LogP contribution in [0.15, 0.2) is 47.4 Å². The van der Waals surface area contributed by atoms with Crippen molar-refractivity contribution in [2.45, 2.75) is 39.7 Å². The number of benzene rings is 2. The Morgan fingerprint density at radius 2 is 1.86 bits per heavy atom. The third kappa shape index (κ3) is 4.93. The lowest BCUT2D eigenvalue weighted by atomic mass is 9.87. The topological polar surface area (TPSA) is 69.7 Å². The number of halogens is 2. The Morgan fingerprint density at radius 1 is 1.14 bits per heavy atom. The van der Waals surface area contributed by atoms with E-state index in [0.717, 1.165) is 34.7 Å². The first-order chi connectivity index (χ1) is 17.0. The first kappa shape index (κ1) is 25.6. The van der Waals surface area contributed by atoms with Crippen LogP contribution in [0.1, 0.15) is 45.2 Å². The Hall–Kier alpha value is -3.46. The molecule has 1 fully saturated rings. The lowest BCUT2D eigenvalue weighted by molar-refractivity contribution is -0.127. The maximum absolute atomic E-state index is 15.2. The SMILES string of the molecule is CCCN1c2cc(F)c(/C=C3/SC(=O)N(CC(=O)Nc4ccccc4F)C3=O)cc2C(C)=CC1(C)C. The largest absolute Gasteiger partial charge is 0.362 e. The average molecular weight is 512 g/mol. The first-order valence-corrected chi connectivity index (χ1v) is 12.4. The highest BCUT2D eigenvalue weighted by Crippen LogP contribution is 2.41. The second kappa shape index (κ2) is 9.89. The number of imide groups is 1. The van der Waals surface area contributed by atoms with Crippen LogP contribution < -0.4 is 10.2 Å². The van der Waals surface area contributed by atoms with Crippen molar-refractivity contribution in [3.63, 3.8) is 0 Å². The van der Waals surface area contributed by atoms with Crippen molar-refractivity contribution in [1.29, 1.82) is 0 Å². The fraction of sp³-hybridized carbons (Fsp3) is 0.296. The van der Waals surface area contributed by atoms with Crippen LogP contribution in [-0.4, -0.2) is 40.6 Å². The smallest absolute Gasteiger partial charge is 0.294 e. The molecule has 0 unspecified atom stereocenters. The minimum absolute atomic E-state index is 0.0146. The Labute approximate surface area is 213 Å². The molecular formula is C27H27F2N3O3S. The third-order valence-corrected chi connectivity index (χ3v) is 7.06. The Kier molecular flexibility index (Phi) is 7.04. The van der Waals surface area contributed by atoms with Gasteiger partial charge in [0.15, 0.2) is 0 Å². The number of amides is 3. The van der Waals surface area contributed by atoms with Gasteiger partial charge in [0.25, 0.3) is 11.1 Å². The summed E-state index contributed by atoms with van der Waals surface area (Å²) < 4.78 is 29.0. The quantitative estimate of drug-likeness (QED) is 0.478. The number of anilines is 2. The number of nitrogens with zero attached hydrogens (tertiary/aromatic N) is 2. The molecule has 2 aromatic carbocycles. The zero-order valence-corrected chi connectivity index (χ0v) is 21.3. The summed E-state index contributed by atoms with van der Waals surface area (Å²) in [6, 6.07) is 8.75. The molecule has 2 heterocycles. The van der Waals surface area contributed by atoms with Gasteiger partial charge in [-0.05, 0) is 74.9 Å². The Morgan fingerprint density at radius 3 is 2.56 bits per heavy atom. The molecule has 0 aromatic heterocycles. The van der Waals surface area contributed by atoms with Crippen LogP contribution >= 0.6 is 11.8 Å². The van der Waals surface area contributed by atoms with Gasteiger partial charge in [0, 0.05) is 23.4 Å². The number of carbonyl (C=O) groups excluding carboxylic acids is 3. The van der Waals surface area contributed by atoms with Gasteiger partial charge in [0.1, 0.15) is 18.2 Å². The fourth-order valence-electron chi connectivity index (χ4n) is 4.53. The summed E-state index contributed by atoms with van der Waals surface area (Å²) >= 11 is 0.636. The number of hydrogen-bond donors (Lipinski definition) is 1. The molecule has 0 radical (unpaired) electrons. The Bertz CT molecular complexity index is 1320. The van der Waals surface area contributed by atoms with E-state index in [2.05, 4.69) is 37.1 Å². The molecule has 1 saturated heterocycles. The van der Waals surface area contributed by atoms with Crippen LogP contribution in [0.3, 0.4) is 0 Å². The van der Waals surface area contributed by atoms with E-state index in [1.165, 1.54) is 30.3 Å². The summed E-state index contributed by atoms with van der Waals surface area (Å²) in [5, 5.41) is 1.70. The fourth-order valence-corrected chi connectivity index (χ4v) is 5.36. The maximum atomic E-state index is 15.2. The van der Waals surface area contributed by atoms with Crippen molar-refractivity contribution >= 4 is 51.8 Å². The predicted octanol–water partition coefficient (Wildman–Crippen LogP) is 6.05. The van der Waals surface area contributed by atoms with E-state index in [4.69, 9.17) is 0 Å². The van der Waals surface area contributed by atoms with Crippen molar-refractivity contribution in [3.8, 4) is 0 Å². The number of carbonyl (C=O) groups is 3. The van der Waals surface area contributed by atoms with E-state index in [9.17, 15) is 18.8 Å². The summed E-state index contributed by atoms with van der Waals surface area (Å²) in [6.07, 6.45) is 4.37. The molecule has 36 heavy (non-hydrogen) atoms. The number of hydrogen-bond acceptors (Lipinski definition) is 5. The predicted molar refractivity (Wildman–Crippen MR) is 139 cm³/mol. The van der Waals surface area contributed by atoms with Crippen molar-refractivity contribution in [1.82, 2.24) is 4.90 Å². The highest BCUT2D eigenvalue weighted by molar-refractivity contribution is 8.18. The van der Waals surface area contributed by atoms with Crippen molar-refractivity contribution in [2.24, 2.45) is 0 Å². The number of para-hydroxylation sites is 1. The number of fused-ring (bicyclic) bond motifs is 1. The monoisotopic (exact) mass is 511 g/mol. The van der Waals surface area contributed by atoms with Gasteiger partial charge in [-0.15, -0.1) is 0 Å². The van der Waals surface area contributed by atoms with Gasteiger partial charge in [-0.25, -0.2) is 8.78 Å². The summed E-state index contributed by atoms with van der Waals surface area (Å²) in [5.74, 6) is -2.56. The molecule has 2 aromatic rings. The molecule has 0 aliphatic carbocycles. The third-order valence-electron chi connectivity index (χ3n) is 6.15. The van der Waals surface area contributed by atoms with Crippen LogP contribution in [0.4, 0.5) is 25.0 Å². The van der Waals surface area contributed by atoms with Crippen LogP contribution in [0, 0.1) is 11.6 Å². The minimum Gasteiger partial charge on any atom is -0.362 e. The average Bonchev–Trinajstić information content (AvgIpc) is 3.06. The Balaban J connectivity index is 1.58. The number of thioether (sulfide) groups is 1. The van der Waals surface area contributed by atoms with Gasteiger partial charge in [-0.1, -0.05) is 25.1 Å². The van der Waals surface area contributed by atoms with E-state index >= 15 is 4.39 Å². The molecule has 0 spiro atoms. The molecule has 6 nitrogen and oxygen atoms in total. The number of allylic oxidation sites excluding steroid dienone is 1.